The Bertz CT molecular complexity index is 1280. The van der Waals surface area contributed by atoms with Crippen molar-refractivity contribution in [1.29, 1.82) is 0 Å². The van der Waals surface area contributed by atoms with E-state index in [1.165, 1.54) is 17.8 Å². The fourth-order valence-electron chi connectivity index (χ4n) is 3.55. The molecule has 1 aromatic heterocycles. The topological polar surface area (TPSA) is 55.6 Å². The summed E-state index contributed by atoms with van der Waals surface area (Å²) < 4.78 is 46.3. The minimum atomic E-state index is -4.42. The fourth-order valence-corrected chi connectivity index (χ4v) is 4.38. The molecule has 1 fully saturated rings. The van der Waals surface area contributed by atoms with Crippen LogP contribution in [0.3, 0.4) is 0 Å². The third-order valence-corrected chi connectivity index (χ3v) is 6.05. The average molecular weight is 472 g/mol. The molecule has 2 aromatic carbocycles. The number of aliphatic imine (C=N–C) groups is 1. The van der Waals surface area contributed by atoms with Gasteiger partial charge in [-0.05, 0) is 85.8 Å². The van der Waals surface area contributed by atoms with Gasteiger partial charge in [-0.25, -0.2) is 4.99 Å². The number of rotatable bonds is 4. The van der Waals surface area contributed by atoms with Crippen LogP contribution in [0.4, 0.5) is 18.9 Å². The SMILES string of the molecule is COc1ccc(N=C2NC(=O)/C(=C\c3cc(C)n(-c4cccc(C(F)(F)F)c4)c3C)S2)cc1. The van der Waals surface area contributed by atoms with Crippen molar-refractivity contribution in [2.24, 2.45) is 4.99 Å². The van der Waals surface area contributed by atoms with Gasteiger partial charge in [0.2, 0.25) is 0 Å². The van der Waals surface area contributed by atoms with Crippen molar-refractivity contribution in [2.45, 2.75) is 20.0 Å². The minimum Gasteiger partial charge on any atom is -0.497 e. The number of nitrogens with zero attached hydrogens (tertiary/aromatic N) is 2. The molecule has 0 saturated carbocycles. The van der Waals surface area contributed by atoms with Crippen LogP contribution in [-0.2, 0) is 11.0 Å². The first-order valence-corrected chi connectivity index (χ1v) is 10.8. The normalized spacial score (nSPS) is 16.5. The van der Waals surface area contributed by atoms with Gasteiger partial charge in [0.25, 0.3) is 5.91 Å². The second-order valence-electron chi connectivity index (χ2n) is 7.39. The van der Waals surface area contributed by atoms with Crippen molar-refractivity contribution in [1.82, 2.24) is 9.88 Å². The first-order valence-electron chi connectivity index (χ1n) is 9.96. The predicted octanol–water partition coefficient (Wildman–Crippen LogP) is 6.01. The van der Waals surface area contributed by atoms with E-state index in [9.17, 15) is 18.0 Å². The minimum absolute atomic E-state index is 0.281. The van der Waals surface area contributed by atoms with Crippen molar-refractivity contribution >= 4 is 34.6 Å². The summed E-state index contributed by atoms with van der Waals surface area (Å²) in [5.41, 5.74) is 2.60. The van der Waals surface area contributed by atoms with Gasteiger partial charge in [-0.15, -0.1) is 0 Å². The van der Waals surface area contributed by atoms with E-state index in [4.69, 9.17) is 4.74 Å². The number of halogens is 3. The van der Waals surface area contributed by atoms with Gasteiger partial charge >= 0.3 is 6.18 Å². The molecule has 1 N–H and O–H groups in total. The Balaban J connectivity index is 1.62. The number of hydrogen-bond donors (Lipinski definition) is 1. The van der Waals surface area contributed by atoms with Gasteiger partial charge in [0, 0.05) is 17.1 Å². The van der Waals surface area contributed by atoms with E-state index in [1.54, 1.807) is 48.1 Å². The highest BCUT2D eigenvalue weighted by Gasteiger charge is 2.31. The number of ether oxygens (including phenoxy) is 1. The average Bonchev–Trinajstić information content (AvgIpc) is 3.26. The van der Waals surface area contributed by atoms with Crippen LogP contribution in [0.25, 0.3) is 11.8 Å². The lowest BCUT2D eigenvalue weighted by Crippen LogP contribution is -2.19. The second-order valence-corrected chi connectivity index (χ2v) is 8.42. The van der Waals surface area contributed by atoms with Crippen LogP contribution in [0.15, 0.2) is 64.5 Å². The molecule has 33 heavy (non-hydrogen) atoms. The number of aromatic nitrogens is 1. The Morgan fingerprint density at radius 2 is 1.82 bits per heavy atom. The standard InChI is InChI=1S/C24H20F3N3O2S/c1-14-11-16(15(2)30(14)19-6-4-5-17(13-19)24(25,26)27)12-21-22(31)29-23(33-21)28-18-7-9-20(32-3)10-8-18/h4-13H,1-3H3,(H,28,29,31)/b21-12+. The molecule has 4 rings (SSSR count). The Morgan fingerprint density at radius 3 is 2.48 bits per heavy atom. The maximum atomic E-state index is 13.2. The Labute approximate surface area is 193 Å². The maximum Gasteiger partial charge on any atom is 0.416 e. The van der Waals surface area contributed by atoms with E-state index >= 15 is 0 Å². The number of aryl methyl sites for hydroxylation is 1. The highest BCUT2D eigenvalue weighted by Crippen LogP contribution is 2.33. The molecule has 1 aliphatic rings. The summed E-state index contributed by atoms with van der Waals surface area (Å²) in [6.07, 6.45) is -2.70. The van der Waals surface area contributed by atoms with Crippen LogP contribution in [-0.4, -0.2) is 22.8 Å². The number of alkyl halides is 3. The second kappa shape index (κ2) is 8.82. The first kappa shape index (κ1) is 22.7. The van der Waals surface area contributed by atoms with Gasteiger partial charge in [0.05, 0.1) is 23.3 Å². The van der Waals surface area contributed by atoms with Crippen molar-refractivity contribution in [3.8, 4) is 11.4 Å². The third-order valence-electron chi connectivity index (χ3n) is 5.14. The van der Waals surface area contributed by atoms with Crippen molar-refractivity contribution in [3.05, 3.63) is 82.0 Å². The first-order chi connectivity index (χ1) is 15.7. The highest BCUT2D eigenvalue weighted by atomic mass is 32.2. The van der Waals surface area contributed by atoms with Crippen molar-refractivity contribution < 1.29 is 22.7 Å². The van der Waals surface area contributed by atoms with Gasteiger partial charge in [-0.2, -0.15) is 13.2 Å². The molecule has 2 heterocycles. The van der Waals surface area contributed by atoms with Gasteiger partial charge in [-0.1, -0.05) is 6.07 Å². The quantitative estimate of drug-likeness (QED) is 0.474. The zero-order valence-corrected chi connectivity index (χ0v) is 18.8. The number of thioether (sulfide) groups is 1. The lowest BCUT2D eigenvalue weighted by atomic mass is 10.2. The predicted molar refractivity (Wildman–Crippen MR) is 124 cm³/mol. The molecule has 170 valence electrons. The van der Waals surface area contributed by atoms with Gasteiger partial charge in [0.1, 0.15) is 5.75 Å². The molecule has 0 radical (unpaired) electrons. The highest BCUT2D eigenvalue weighted by molar-refractivity contribution is 8.18. The molecule has 1 amide bonds. The number of carbonyl (C=O) groups is 1. The number of amides is 1. The number of hydrogen-bond acceptors (Lipinski definition) is 4. The number of carbonyl (C=O) groups excluding carboxylic acids is 1. The van der Waals surface area contributed by atoms with E-state index < -0.39 is 11.7 Å². The number of benzene rings is 2. The molecular weight excluding hydrogens is 451 g/mol. The molecule has 0 bridgehead atoms. The molecule has 0 aliphatic carbocycles. The van der Waals surface area contributed by atoms with Crippen molar-refractivity contribution in [2.75, 3.05) is 7.11 Å². The zero-order chi connectivity index (χ0) is 23.8. The number of methoxy groups -OCH3 is 1. The number of nitrogens with one attached hydrogen (secondary N) is 1. The van der Waals surface area contributed by atoms with Gasteiger partial charge < -0.3 is 14.6 Å². The summed E-state index contributed by atoms with van der Waals surface area (Å²) in [6.45, 7) is 3.62. The third kappa shape index (κ3) is 4.83. The largest absolute Gasteiger partial charge is 0.497 e. The molecule has 3 aromatic rings. The van der Waals surface area contributed by atoms with Crippen LogP contribution in [0, 0.1) is 13.8 Å². The van der Waals surface area contributed by atoms with E-state index in [0.717, 1.165) is 29.1 Å². The monoisotopic (exact) mass is 471 g/mol. The Morgan fingerprint density at radius 1 is 1.09 bits per heavy atom. The molecule has 0 unspecified atom stereocenters. The van der Waals surface area contributed by atoms with Crippen LogP contribution in [0.2, 0.25) is 0 Å². The summed E-state index contributed by atoms with van der Waals surface area (Å²) in [7, 11) is 1.58. The Kier molecular flexibility index (Phi) is 6.07. The van der Waals surface area contributed by atoms with E-state index in [1.807, 2.05) is 19.9 Å². The number of amidine groups is 1. The van der Waals surface area contributed by atoms with Crippen LogP contribution in [0.5, 0.6) is 5.75 Å². The van der Waals surface area contributed by atoms with E-state index in [0.29, 0.717) is 27.2 Å². The summed E-state index contributed by atoms with van der Waals surface area (Å²) in [6, 6.07) is 14.1. The molecule has 0 atom stereocenters. The van der Waals surface area contributed by atoms with Gasteiger partial charge in [0.15, 0.2) is 5.17 Å². The summed E-state index contributed by atoms with van der Waals surface area (Å²) in [5.74, 6) is 0.426. The fraction of sp³-hybridized carbons (Fsp3) is 0.167. The van der Waals surface area contributed by atoms with Gasteiger partial charge in [-0.3, -0.25) is 4.79 Å². The Hall–Kier alpha value is -3.46. The molecule has 1 aliphatic heterocycles. The zero-order valence-electron chi connectivity index (χ0n) is 18.0. The molecular formula is C24H20F3N3O2S. The molecule has 0 spiro atoms. The summed E-state index contributed by atoms with van der Waals surface area (Å²) in [4.78, 5) is 17.4. The van der Waals surface area contributed by atoms with E-state index in [-0.39, 0.29) is 5.91 Å². The van der Waals surface area contributed by atoms with Crippen molar-refractivity contribution in [3.63, 3.8) is 0 Å². The molecule has 5 nitrogen and oxygen atoms in total. The van der Waals surface area contributed by atoms with Crippen LogP contribution >= 0.6 is 11.8 Å². The van der Waals surface area contributed by atoms with E-state index in [2.05, 4.69) is 10.3 Å². The summed E-state index contributed by atoms with van der Waals surface area (Å²) in [5, 5.41) is 3.19. The lowest BCUT2D eigenvalue weighted by Gasteiger charge is -2.13. The van der Waals surface area contributed by atoms with Crippen LogP contribution < -0.4 is 10.1 Å². The maximum absolute atomic E-state index is 13.2. The lowest BCUT2D eigenvalue weighted by molar-refractivity contribution is -0.137. The molecule has 1 saturated heterocycles. The summed E-state index contributed by atoms with van der Waals surface area (Å²) >= 11 is 1.21. The van der Waals surface area contributed by atoms with Crippen LogP contribution in [0.1, 0.15) is 22.5 Å². The smallest absolute Gasteiger partial charge is 0.416 e. The molecule has 9 heteroatoms.